The lowest BCUT2D eigenvalue weighted by Gasteiger charge is -2.17. The Hall–Kier alpha value is -1.44. The SMILES string of the molecule is O=[N+]([O-])c1ccc(OC[C@H](Br)[C@@H](Br)COCc2ccccc2)cc1. The van der Waals surface area contributed by atoms with Gasteiger partial charge in [0.15, 0.2) is 0 Å². The molecule has 7 heteroatoms. The second-order valence-electron chi connectivity index (χ2n) is 5.09. The molecule has 24 heavy (non-hydrogen) atoms. The lowest BCUT2D eigenvalue weighted by atomic mass is 10.2. The zero-order valence-electron chi connectivity index (χ0n) is 12.8. The molecule has 0 spiro atoms. The van der Waals surface area contributed by atoms with E-state index in [0.717, 1.165) is 5.56 Å². The lowest BCUT2D eigenvalue weighted by Crippen LogP contribution is -2.26. The first-order valence-electron chi connectivity index (χ1n) is 7.33. The van der Waals surface area contributed by atoms with E-state index in [2.05, 4.69) is 31.9 Å². The van der Waals surface area contributed by atoms with Crippen LogP contribution in [0.15, 0.2) is 54.6 Å². The van der Waals surface area contributed by atoms with Gasteiger partial charge in [0.1, 0.15) is 12.4 Å². The largest absolute Gasteiger partial charge is 0.492 e. The number of ether oxygens (including phenoxy) is 2. The number of halogens is 2. The molecule has 0 fully saturated rings. The van der Waals surface area contributed by atoms with Crippen LogP contribution in [0.25, 0.3) is 0 Å². The molecule has 0 amide bonds. The van der Waals surface area contributed by atoms with Crippen molar-refractivity contribution in [2.75, 3.05) is 13.2 Å². The second kappa shape index (κ2) is 9.76. The molecule has 2 aromatic carbocycles. The summed E-state index contributed by atoms with van der Waals surface area (Å²) in [5.74, 6) is 0.593. The van der Waals surface area contributed by atoms with Crippen LogP contribution >= 0.6 is 31.9 Å². The molecule has 5 nitrogen and oxygen atoms in total. The van der Waals surface area contributed by atoms with Crippen molar-refractivity contribution in [1.82, 2.24) is 0 Å². The third-order valence-corrected chi connectivity index (χ3v) is 5.75. The molecule has 0 bridgehead atoms. The predicted octanol–water partition coefficient (Wildman–Crippen LogP) is 4.72. The van der Waals surface area contributed by atoms with E-state index in [-0.39, 0.29) is 15.3 Å². The Labute approximate surface area is 157 Å². The highest BCUT2D eigenvalue weighted by atomic mass is 79.9. The van der Waals surface area contributed by atoms with Crippen molar-refractivity contribution in [3.05, 3.63) is 70.3 Å². The van der Waals surface area contributed by atoms with Gasteiger partial charge in [-0.1, -0.05) is 62.2 Å². The minimum Gasteiger partial charge on any atom is -0.492 e. The maximum Gasteiger partial charge on any atom is 0.269 e. The monoisotopic (exact) mass is 457 g/mol. The highest BCUT2D eigenvalue weighted by molar-refractivity contribution is 9.12. The van der Waals surface area contributed by atoms with Crippen molar-refractivity contribution in [3.63, 3.8) is 0 Å². The maximum absolute atomic E-state index is 10.6. The van der Waals surface area contributed by atoms with Crippen LogP contribution in [0.3, 0.4) is 0 Å². The van der Waals surface area contributed by atoms with Gasteiger partial charge in [0.2, 0.25) is 0 Å². The van der Waals surface area contributed by atoms with Gasteiger partial charge in [0, 0.05) is 12.1 Å². The van der Waals surface area contributed by atoms with Gasteiger partial charge in [-0.3, -0.25) is 10.1 Å². The number of hydrogen-bond donors (Lipinski definition) is 0. The molecule has 0 aromatic heterocycles. The molecule has 2 rings (SSSR count). The first-order chi connectivity index (χ1) is 11.6. The molecule has 0 aliphatic carbocycles. The molecule has 2 aromatic rings. The van der Waals surface area contributed by atoms with Crippen molar-refractivity contribution >= 4 is 37.5 Å². The minimum atomic E-state index is -0.435. The average molecular weight is 459 g/mol. The fourth-order valence-corrected chi connectivity index (χ4v) is 2.54. The van der Waals surface area contributed by atoms with Gasteiger partial charge in [0.05, 0.1) is 27.8 Å². The number of non-ortho nitro benzene ring substituents is 1. The van der Waals surface area contributed by atoms with Crippen LogP contribution in [-0.4, -0.2) is 27.8 Å². The molecule has 0 aliphatic rings. The number of alkyl halides is 2. The van der Waals surface area contributed by atoms with Gasteiger partial charge < -0.3 is 9.47 Å². The zero-order valence-corrected chi connectivity index (χ0v) is 16.0. The number of rotatable bonds is 9. The molecular formula is C17H17Br2NO4. The van der Waals surface area contributed by atoms with Crippen molar-refractivity contribution in [2.24, 2.45) is 0 Å². The fraction of sp³-hybridized carbons (Fsp3) is 0.294. The summed E-state index contributed by atoms with van der Waals surface area (Å²) >= 11 is 7.14. The van der Waals surface area contributed by atoms with Crippen LogP contribution in [-0.2, 0) is 11.3 Å². The van der Waals surface area contributed by atoms with Crippen LogP contribution in [0.1, 0.15) is 5.56 Å². The van der Waals surface area contributed by atoms with E-state index < -0.39 is 4.92 Å². The van der Waals surface area contributed by atoms with Gasteiger partial charge >= 0.3 is 0 Å². The minimum absolute atomic E-state index is 0.0449. The van der Waals surface area contributed by atoms with E-state index in [9.17, 15) is 10.1 Å². The van der Waals surface area contributed by atoms with Crippen molar-refractivity contribution in [3.8, 4) is 5.75 Å². The fourth-order valence-electron chi connectivity index (χ4n) is 1.91. The molecule has 0 N–H and O–H groups in total. The van der Waals surface area contributed by atoms with Crippen LogP contribution in [0.5, 0.6) is 5.75 Å². The summed E-state index contributed by atoms with van der Waals surface area (Å²) in [6, 6.07) is 16.0. The number of hydrogen-bond acceptors (Lipinski definition) is 4. The third kappa shape index (κ3) is 6.22. The first-order valence-corrected chi connectivity index (χ1v) is 9.16. The summed E-state index contributed by atoms with van der Waals surface area (Å²) in [7, 11) is 0. The molecule has 0 radical (unpaired) electrons. The molecule has 128 valence electrons. The average Bonchev–Trinajstić information content (AvgIpc) is 2.60. The van der Waals surface area contributed by atoms with E-state index in [1.54, 1.807) is 12.1 Å². The summed E-state index contributed by atoms with van der Waals surface area (Å²) in [5, 5.41) is 10.6. The second-order valence-corrected chi connectivity index (χ2v) is 7.45. The van der Waals surface area contributed by atoms with Crippen LogP contribution in [0.2, 0.25) is 0 Å². The number of nitro groups is 1. The third-order valence-electron chi connectivity index (χ3n) is 3.24. The van der Waals surface area contributed by atoms with Crippen LogP contribution < -0.4 is 4.74 Å². The number of nitro benzene ring substituents is 1. The molecule has 0 saturated carbocycles. The predicted molar refractivity (Wildman–Crippen MR) is 100 cm³/mol. The maximum atomic E-state index is 10.6. The Morgan fingerprint density at radius 3 is 2.21 bits per heavy atom. The number of benzene rings is 2. The lowest BCUT2D eigenvalue weighted by molar-refractivity contribution is -0.384. The summed E-state index contributed by atoms with van der Waals surface area (Å²) in [5.41, 5.74) is 1.18. The van der Waals surface area contributed by atoms with Crippen molar-refractivity contribution < 1.29 is 14.4 Å². The molecule has 2 atom stereocenters. The summed E-state index contributed by atoms with van der Waals surface area (Å²) < 4.78 is 11.3. The summed E-state index contributed by atoms with van der Waals surface area (Å²) in [4.78, 5) is 10.3. The highest BCUT2D eigenvalue weighted by Gasteiger charge is 2.17. The van der Waals surface area contributed by atoms with Gasteiger partial charge in [-0.15, -0.1) is 0 Å². The van der Waals surface area contributed by atoms with Gasteiger partial charge in [-0.25, -0.2) is 0 Å². The summed E-state index contributed by atoms with van der Waals surface area (Å²) in [6.45, 7) is 1.52. The molecule has 0 aliphatic heterocycles. The zero-order chi connectivity index (χ0) is 17.4. The Bertz CT molecular complexity index is 637. The normalized spacial score (nSPS) is 13.2. The van der Waals surface area contributed by atoms with E-state index >= 15 is 0 Å². The van der Waals surface area contributed by atoms with E-state index in [1.165, 1.54) is 12.1 Å². The van der Waals surface area contributed by atoms with Crippen molar-refractivity contribution in [1.29, 1.82) is 0 Å². The van der Waals surface area contributed by atoms with Gasteiger partial charge in [0.25, 0.3) is 5.69 Å². The number of nitrogens with zero attached hydrogens (tertiary/aromatic N) is 1. The standard InChI is InChI=1S/C17H17Br2NO4/c18-16(11-23-10-13-4-2-1-3-5-13)17(19)12-24-15-8-6-14(7-9-15)20(21)22/h1-9,16-17H,10-12H2/t16-,17-/m0/s1. The smallest absolute Gasteiger partial charge is 0.269 e. The molecule has 0 saturated heterocycles. The first kappa shape index (κ1) is 18.9. The van der Waals surface area contributed by atoms with Crippen molar-refractivity contribution in [2.45, 2.75) is 16.3 Å². The quantitative estimate of drug-likeness (QED) is 0.310. The Kier molecular flexibility index (Phi) is 7.68. The van der Waals surface area contributed by atoms with Crippen LogP contribution in [0.4, 0.5) is 5.69 Å². The summed E-state index contributed by atoms with van der Waals surface area (Å²) in [6.07, 6.45) is 0. The van der Waals surface area contributed by atoms with Gasteiger partial charge in [-0.05, 0) is 17.7 Å². The Morgan fingerprint density at radius 1 is 0.958 bits per heavy atom. The van der Waals surface area contributed by atoms with Gasteiger partial charge in [-0.2, -0.15) is 0 Å². The van der Waals surface area contributed by atoms with E-state index in [0.29, 0.717) is 25.6 Å². The molecule has 0 unspecified atom stereocenters. The molecule has 0 heterocycles. The van der Waals surface area contributed by atoms with Crippen LogP contribution in [0, 0.1) is 10.1 Å². The highest BCUT2D eigenvalue weighted by Crippen LogP contribution is 2.20. The van der Waals surface area contributed by atoms with E-state index in [4.69, 9.17) is 9.47 Å². The topological polar surface area (TPSA) is 61.6 Å². The Balaban J connectivity index is 1.71. The Morgan fingerprint density at radius 2 is 1.58 bits per heavy atom. The molecular weight excluding hydrogens is 442 g/mol. The van der Waals surface area contributed by atoms with E-state index in [1.807, 2.05) is 30.3 Å².